The summed E-state index contributed by atoms with van der Waals surface area (Å²) in [6.07, 6.45) is 5.15. The van der Waals surface area contributed by atoms with Crippen molar-refractivity contribution in [1.29, 1.82) is 0 Å². The fourth-order valence-corrected chi connectivity index (χ4v) is 2.01. The first-order valence-electron chi connectivity index (χ1n) is 5.39. The van der Waals surface area contributed by atoms with Gasteiger partial charge in [-0.05, 0) is 17.0 Å². The molecule has 0 unspecified atom stereocenters. The van der Waals surface area contributed by atoms with Crippen molar-refractivity contribution in [3.63, 3.8) is 0 Å². The first kappa shape index (κ1) is 9.78. The van der Waals surface area contributed by atoms with Crippen molar-refractivity contribution >= 4 is 16.5 Å². The number of rotatable bonds is 1. The van der Waals surface area contributed by atoms with Gasteiger partial charge < -0.3 is 5.73 Å². The first-order valence-corrected chi connectivity index (χ1v) is 5.39. The Balaban J connectivity index is 2.35. The van der Waals surface area contributed by atoms with Gasteiger partial charge >= 0.3 is 0 Å². The van der Waals surface area contributed by atoms with Gasteiger partial charge in [0.05, 0.1) is 0 Å². The van der Waals surface area contributed by atoms with Crippen LogP contribution in [0, 0.1) is 0 Å². The maximum Gasteiger partial charge on any atom is 0.115 e. The van der Waals surface area contributed by atoms with E-state index in [0.717, 1.165) is 27.6 Å². The van der Waals surface area contributed by atoms with Crippen LogP contribution in [0.1, 0.15) is 0 Å². The predicted octanol–water partition coefficient (Wildman–Crippen LogP) is 2.88. The molecule has 0 radical (unpaired) electrons. The fraction of sp³-hybridized carbons (Fsp3) is 0. The third-order valence-corrected chi connectivity index (χ3v) is 2.83. The number of nitrogen functional groups attached to an aromatic ring is 1. The second-order valence-corrected chi connectivity index (χ2v) is 3.88. The number of nitrogens with zero attached hydrogens (tertiary/aromatic N) is 2. The molecule has 0 aliphatic heterocycles. The summed E-state index contributed by atoms with van der Waals surface area (Å²) in [6.45, 7) is 0. The van der Waals surface area contributed by atoms with Crippen LogP contribution in [-0.4, -0.2) is 9.97 Å². The lowest BCUT2D eigenvalue weighted by molar-refractivity contribution is 1.17. The molecule has 0 bridgehead atoms. The number of benzene rings is 2. The van der Waals surface area contributed by atoms with Crippen molar-refractivity contribution in [1.82, 2.24) is 9.97 Å². The number of nitrogens with two attached hydrogens (primary N) is 1. The molecule has 0 fully saturated rings. The molecule has 0 saturated heterocycles. The summed E-state index contributed by atoms with van der Waals surface area (Å²) in [6, 6.07) is 12.0. The Bertz CT molecular complexity index is 663. The van der Waals surface area contributed by atoms with E-state index in [1.807, 2.05) is 42.7 Å². The van der Waals surface area contributed by atoms with E-state index in [1.54, 1.807) is 0 Å². The molecule has 2 aromatic carbocycles. The largest absolute Gasteiger partial charge is 0.398 e. The van der Waals surface area contributed by atoms with Crippen LogP contribution in [0.2, 0.25) is 0 Å². The number of anilines is 1. The summed E-state index contributed by atoms with van der Waals surface area (Å²) in [4.78, 5) is 8.10. The monoisotopic (exact) mass is 221 g/mol. The molecule has 3 heteroatoms. The van der Waals surface area contributed by atoms with E-state index in [4.69, 9.17) is 5.73 Å². The maximum absolute atomic E-state index is 5.97. The quantitative estimate of drug-likeness (QED) is 0.643. The standard InChI is InChI=1S/C14H11N3/c15-14-6-5-11(10-7-16-9-17-8-10)12-3-1-2-4-13(12)14/h1-9H,15H2. The van der Waals surface area contributed by atoms with Crippen LogP contribution in [0.25, 0.3) is 21.9 Å². The molecule has 0 atom stereocenters. The number of fused-ring (bicyclic) bond motifs is 1. The molecule has 17 heavy (non-hydrogen) atoms. The van der Waals surface area contributed by atoms with E-state index in [1.165, 1.54) is 6.33 Å². The predicted molar refractivity (Wildman–Crippen MR) is 69.4 cm³/mol. The molecule has 0 amide bonds. The van der Waals surface area contributed by atoms with Gasteiger partial charge in [0.25, 0.3) is 0 Å². The zero-order valence-corrected chi connectivity index (χ0v) is 9.17. The minimum absolute atomic E-state index is 0.793. The Morgan fingerprint density at radius 2 is 1.53 bits per heavy atom. The van der Waals surface area contributed by atoms with Crippen LogP contribution in [0.15, 0.2) is 55.1 Å². The third kappa shape index (κ3) is 1.61. The second-order valence-electron chi connectivity index (χ2n) is 3.88. The molecule has 82 valence electrons. The van der Waals surface area contributed by atoms with E-state index in [0.29, 0.717) is 0 Å². The van der Waals surface area contributed by atoms with E-state index >= 15 is 0 Å². The Morgan fingerprint density at radius 3 is 2.29 bits per heavy atom. The topological polar surface area (TPSA) is 51.8 Å². The minimum atomic E-state index is 0.793. The molecule has 2 N–H and O–H groups in total. The van der Waals surface area contributed by atoms with Crippen LogP contribution in [-0.2, 0) is 0 Å². The fourth-order valence-electron chi connectivity index (χ4n) is 2.01. The van der Waals surface area contributed by atoms with Crippen molar-refractivity contribution in [3.05, 3.63) is 55.1 Å². The lowest BCUT2D eigenvalue weighted by Crippen LogP contribution is -1.89. The highest BCUT2D eigenvalue weighted by Crippen LogP contribution is 2.30. The van der Waals surface area contributed by atoms with Gasteiger partial charge in [-0.1, -0.05) is 30.3 Å². The van der Waals surface area contributed by atoms with E-state index in [-0.39, 0.29) is 0 Å². The minimum Gasteiger partial charge on any atom is -0.398 e. The Hall–Kier alpha value is -2.42. The lowest BCUT2D eigenvalue weighted by atomic mass is 9.99. The highest BCUT2D eigenvalue weighted by Gasteiger charge is 2.05. The van der Waals surface area contributed by atoms with Gasteiger partial charge in [0, 0.05) is 29.0 Å². The highest BCUT2D eigenvalue weighted by atomic mass is 14.8. The molecule has 1 aromatic heterocycles. The Morgan fingerprint density at radius 1 is 0.824 bits per heavy atom. The second kappa shape index (κ2) is 3.87. The van der Waals surface area contributed by atoms with Crippen molar-refractivity contribution in [3.8, 4) is 11.1 Å². The molecular weight excluding hydrogens is 210 g/mol. The average molecular weight is 221 g/mol. The molecule has 0 spiro atoms. The van der Waals surface area contributed by atoms with Gasteiger partial charge in [0.1, 0.15) is 6.33 Å². The number of hydrogen-bond donors (Lipinski definition) is 1. The highest BCUT2D eigenvalue weighted by molar-refractivity contribution is 6.02. The summed E-state index contributed by atoms with van der Waals surface area (Å²) in [5.74, 6) is 0. The summed E-state index contributed by atoms with van der Waals surface area (Å²) >= 11 is 0. The Kier molecular flexibility index (Phi) is 2.22. The average Bonchev–Trinajstić information content (AvgIpc) is 2.41. The van der Waals surface area contributed by atoms with Gasteiger partial charge in [-0.25, -0.2) is 9.97 Å². The van der Waals surface area contributed by atoms with Crippen LogP contribution < -0.4 is 5.73 Å². The number of hydrogen-bond acceptors (Lipinski definition) is 3. The molecule has 0 saturated carbocycles. The van der Waals surface area contributed by atoms with Gasteiger partial charge in [-0.2, -0.15) is 0 Å². The van der Waals surface area contributed by atoms with Gasteiger partial charge in [-0.3, -0.25) is 0 Å². The van der Waals surface area contributed by atoms with Gasteiger partial charge in [0.2, 0.25) is 0 Å². The van der Waals surface area contributed by atoms with Crippen molar-refractivity contribution in [2.24, 2.45) is 0 Å². The number of aromatic nitrogens is 2. The van der Waals surface area contributed by atoms with E-state index in [2.05, 4.69) is 16.0 Å². The normalized spacial score (nSPS) is 10.6. The molecule has 3 nitrogen and oxygen atoms in total. The van der Waals surface area contributed by atoms with Gasteiger partial charge in [0.15, 0.2) is 0 Å². The molecule has 0 aliphatic rings. The van der Waals surface area contributed by atoms with E-state index in [9.17, 15) is 0 Å². The zero-order chi connectivity index (χ0) is 11.7. The third-order valence-electron chi connectivity index (χ3n) is 2.83. The smallest absolute Gasteiger partial charge is 0.115 e. The zero-order valence-electron chi connectivity index (χ0n) is 9.17. The van der Waals surface area contributed by atoms with Crippen molar-refractivity contribution in [2.75, 3.05) is 5.73 Å². The first-order chi connectivity index (χ1) is 8.36. The van der Waals surface area contributed by atoms with Crippen LogP contribution in [0.3, 0.4) is 0 Å². The van der Waals surface area contributed by atoms with E-state index < -0.39 is 0 Å². The Labute approximate surface area is 98.9 Å². The van der Waals surface area contributed by atoms with Crippen LogP contribution in [0.4, 0.5) is 5.69 Å². The molecule has 3 aromatic rings. The van der Waals surface area contributed by atoms with Crippen molar-refractivity contribution in [2.45, 2.75) is 0 Å². The van der Waals surface area contributed by atoms with Gasteiger partial charge in [-0.15, -0.1) is 0 Å². The molecule has 3 rings (SSSR count). The van der Waals surface area contributed by atoms with Crippen LogP contribution in [0.5, 0.6) is 0 Å². The molecule has 1 heterocycles. The SMILES string of the molecule is Nc1ccc(-c2cncnc2)c2ccccc12. The summed E-state index contributed by atoms with van der Waals surface area (Å²) in [7, 11) is 0. The van der Waals surface area contributed by atoms with Crippen molar-refractivity contribution < 1.29 is 0 Å². The summed E-state index contributed by atoms with van der Waals surface area (Å²) in [5.41, 5.74) is 8.87. The molecular formula is C14H11N3. The van der Waals surface area contributed by atoms with Crippen LogP contribution >= 0.6 is 0 Å². The summed E-state index contributed by atoms with van der Waals surface area (Å²) < 4.78 is 0. The maximum atomic E-state index is 5.97. The molecule has 0 aliphatic carbocycles. The lowest BCUT2D eigenvalue weighted by Gasteiger charge is -2.08. The summed E-state index contributed by atoms with van der Waals surface area (Å²) in [5, 5.41) is 2.19.